The van der Waals surface area contributed by atoms with Crippen molar-refractivity contribution in [3.8, 4) is 0 Å². The van der Waals surface area contributed by atoms with Gasteiger partial charge in [0.25, 0.3) is 11.5 Å². The van der Waals surface area contributed by atoms with Gasteiger partial charge >= 0.3 is 0 Å². The summed E-state index contributed by atoms with van der Waals surface area (Å²) in [6.07, 6.45) is 2.30. The van der Waals surface area contributed by atoms with Crippen LogP contribution in [0.2, 0.25) is 0 Å². The van der Waals surface area contributed by atoms with Gasteiger partial charge in [-0.05, 0) is 44.0 Å². The lowest BCUT2D eigenvalue weighted by Crippen LogP contribution is -2.37. The monoisotopic (exact) mass is 401 g/mol. The average molecular weight is 401 g/mol. The third-order valence-corrected chi connectivity index (χ3v) is 4.95. The van der Waals surface area contributed by atoms with Crippen LogP contribution in [0.1, 0.15) is 29.8 Å². The Balaban J connectivity index is 1.95. The van der Waals surface area contributed by atoms with Gasteiger partial charge in [0.2, 0.25) is 0 Å². The maximum absolute atomic E-state index is 13.1. The summed E-state index contributed by atoms with van der Waals surface area (Å²) in [5.74, 6) is -0.372. The zero-order chi connectivity index (χ0) is 21.3. The number of hydrogen-bond acceptors (Lipinski definition) is 4. The van der Waals surface area contributed by atoms with E-state index in [1.54, 1.807) is 22.9 Å². The van der Waals surface area contributed by atoms with Crippen molar-refractivity contribution in [1.29, 1.82) is 5.41 Å². The van der Waals surface area contributed by atoms with E-state index in [0.29, 0.717) is 29.6 Å². The minimum absolute atomic E-state index is 0.0452. The quantitative estimate of drug-likeness (QED) is 0.503. The van der Waals surface area contributed by atoms with E-state index in [4.69, 9.17) is 5.41 Å². The minimum Gasteiger partial charge on any atom is -0.350 e. The zero-order valence-electron chi connectivity index (χ0n) is 16.9. The minimum atomic E-state index is -0.372. The molecule has 0 atom stereocenters. The number of benzene rings is 1. The third-order valence-electron chi connectivity index (χ3n) is 4.95. The van der Waals surface area contributed by atoms with E-state index < -0.39 is 0 Å². The molecule has 0 aliphatic carbocycles. The standard InChI is InChI=1S/C23H23N5O2/c1-15(2)25-22(29)17-14-18-21(26-19-10-6-7-12-27(19)23(18)30)28(20(17)24)13-11-16-8-4-3-5-9-16/h3-10,12,14-15,24H,11,13H2,1-2H3,(H,25,29). The van der Waals surface area contributed by atoms with E-state index in [-0.39, 0.29) is 28.6 Å². The number of rotatable bonds is 5. The van der Waals surface area contributed by atoms with Crippen LogP contribution in [0, 0.1) is 5.41 Å². The number of fused-ring (bicyclic) bond motifs is 2. The molecule has 0 bridgehead atoms. The Morgan fingerprint density at radius 2 is 1.87 bits per heavy atom. The van der Waals surface area contributed by atoms with Gasteiger partial charge in [0, 0.05) is 18.8 Å². The summed E-state index contributed by atoms with van der Waals surface area (Å²) >= 11 is 0. The molecule has 1 amide bonds. The van der Waals surface area contributed by atoms with Crippen LogP contribution in [0.5, 0.6) is 0 Å². The number of pyridine rings is 2. The molecule has 0 unspecified atom stereocenters. The molecule has 0 fully saturated rings. The van der Waals surface area contributed by atoms with Crippen molar-refractivity contribution < 1.29 is 4.79 Å². The number of amides is 1. The van der Waals surface area contributed by atoms with E-state index in [0.717, 1.165) is 5.56 Å². The van der Waals surface area contributed by atoms with E-state index in [2.05, 4.69) is 10.3 Å². The smallest absolute Gasteiger partial charge is 0.267 e. The lowest BCUT2D eigenvalue weighted by Gasteiger charge is -2.15. The van der Waals surface area contributed by atoms with Crippen LogP contribution in [0.3, 0.4) is 0 Å². The summed E-state index contributed by atoms with van der Waals surface area (Å²) in [5.41, 5.74) is 1.97. The normalized spacial score (nSPS) is 11.3. The molecule has 7 heteroatoms. The Bertz CT molecular complexity index is 1350. The number of aryl methyl sites for hydroxylation is 2. The molecule has 30 heavy (non-hydrogen) atoms. The van der Waals surface area contributed by atoms with Gasteiger partial charge in [0.15, 0.2) is 0 Å². The second-order valence-electron chi connectivity index (χ2n) is 7.51. The number of aromatic nitrogens is 3. The maximum Gasteiger partial charge on any atom is 0.267 e. The Morgan fingerprint density at radius 3 is 2.60 bits per heavy atom. The summed E-state index contributed by atoms with van der Waals surface area (Å²) in [6.45, 7) is 4.14. The summed E-state index contributed by atoms with van der Waals surface area (Å²) < 4.78 is 3.11. The summed E-state index contributed by atoms with van der Waals surface area (Å²) in [4.78, 5) is 30.5. The van der Waals surface area contributed by atoms with E-state index >= 15 is 0 Å². The fourth-order valence-electron chi connectivity index (χ4n) is 3.50. The second kappa shape index (κ2) is 7.94. The van der Waals surface area contributed by atoms with Crippen LogP contribution in [0.25, 0.3) is 16.7 Å². The van der Waals surface area contributed by atoms with Crippen LogP contribution in [-0.2, 0) is 13.0 Å². The number of nitrogens with one attached hydrogen (secondary N) is 2. The van der Waals surface area contributed by atoms with Crippen molar-refractivity contribution >= 4 is 22.6 Å². The van der Waals surface area contributed by atoms with E-state index in [9.17, 15) is 9.59 Å². The molecular formula is C23H23N5O2. The summed E-state index contributed by atoms with van der Waals surface area (Å²) in [5, 5.41) is 11.8. The lowest BCUT2D eigenvalue weighted by atomic mass is 10.1. The summed E-state index contributed by atoms with van der Waals surface area (Å²) in [7, 11) is 0. The number of carbonyl (C=O) groups excluding carboxylic acids is 1. The lowest BCUT2D eigenvalue weighted by molar-refractivity contribution is 0.0940. The maximum atomic E-state index is 13.1. The molecule has 0 spiro atoms. The highest BCUT2D eigenvalue weighted by Crippen LogP contribution is 2.12. The van der Waals surface area contributed by atoms with Gasteiger partial charge in [0.05, 0.1) is 10.9 Å². The van der Waals surface area contributed by atoms with E-state index in [1.807, 2.05) is 50.2 Å². The van der Waals surface area contributed by atoms with Crippen molar-refractivity contribution in [3.63, 3.8) is 0 Å². The molecule has 0 aliphatic heterocycles. The van der Waals surface area contributed by atoms with Crippen molar-refractivity contribution in [2.24, 2.45) is 0 Å². The van der Waals surface area contributed by atoms with Gasteiger partial charge in [-0.15, -0.1) is 0 Å². The number of nitrogens with zero attached hydrogens (tertiary/aromatic N) is 3. The number of hydrogen-bond donors (Lipinski definition) is 2. The average Bonchev–Trinajstić information content (AvgIpc) is 2.73. The van der Waals surface area contributed by atoms with Crippen LogP contribution < -0.4 is 16.4 Å². The van der Waals surface area contributed by atoms with Gasteiger partial charge < -0.3 is 9.88 Å². The molecule has 4 rings (SSSR count). The van der Waals surface area contributed by atoms with Gasteiger partial charge in [-0.3, -0.25) is 19.4 Å². The molecule has 1 aromatic carbocycles. The molecule has 2 N–H and O–H groups in total. The van der Waals surface area contributed by atoms with Crippen LogP contribution in [0.4, 0.5) is 0 Å². The highest BCUT2D eigenvalue weighted by Gasteiger charge is 2.18. The Hall–Kier alpha value is -3.74. The predicted molar refractivity (Wildman–Crippen MR) is 116 cm³/mol. The van der Waals surface area contributed by atoms with Crippen LogP contribution >= 0.6 is 0 Å². The zero-order valence-corrected chi connectivity index (χ0v) is 16.9. The molecule has 0 radical (unpaired) electrons. The molecular weight excluding hydrogens is 378 g/mol. The highest BCUT2D eigenvalue weighted by atomic mass is 16.1. The predicted octanol–water partition coefficient (Wildman–Crippen LogP) is 2.51. The first-order valence-corrected chi connectivity index (χ1v) is 9.90. The largest absolute Gasteiger partial charge is 0.350 e. The van der Waals surface area contributed by atoms with Gasteiger partial charge in [-0.1, -0.05) is 36.4 Å². The van der Waals surface area contributed by atoms with Crippen molar-refractivity contribution in [2.75, 3.05) is 0 Å². The van der Waals surface area contributed by atoms with Crippen LogP contribution in [-0.4, -0.2) is 25.9 Å². The molecule has 0 saturated carbocycles. The molecule has 152 valence electrons. The van der Waals surface area contributed by atoms with Crippen molar-refractivity contribution in [2.45, 2.75) is 32.9 Å². The Kier molecular flexibility index (Phi) is 5.18. The van der Waals surface area contributed by atoms with Gasteiger partial charge in [-0.2, -0.15) is 0 Å². The number of carbonyl (C=O) groups is 1. The first-order valence-electron chi connectivity index (χ1n) is 9.90. The first-order chi connectivity index (χ1) is 14.5. The Morgan fingerprint density at radius 1 is 1.13 bits per heavy atom. The third kappa shape index (κ3) is 3.61. The van der Waals surface area contributed by atoms with Crippen molar-refractivity contribution in [1.82, 2.24) is 19.3 Å². The topological polar surface area (TPSA) is 92.2 Å². The molecule has 0 saturated heterocycles. The SMILES string of the molecule is CC(C)NC(=O)c1cc2c(=O)n3ccccc3nc2n(CCc2ccccc2)c1=N. The highest BCUT2D eigenvalue weighted by molar-refractivity contribution is 5.97. The summed E-state index contributed by atoms with van der Waals surface area (Å²) in [6, 6.07) is 16.6. The van der Waals surface area contributed by atoms with E-state index in [1.165, 1.54) is 10.5 Å². The van der Waals surface area contributed by atoms with Gasteiger partial charge in [0.1, 0.15) is 16.8 Å². The van der Waals surface area contributed by atoms with Gasteiger partial charge in [-0.25, -0.2) is 4.98 Å². The molecule has 3 aromatic heterocycles. The Labute approximate surface area is 173 Å². The second-order valence-corrected chi connectivity index (χ2v) is 7.51. The van der Waals surface area contributed by atoms with Crippen LogP contribution in [0.15, 0.2) is 65.6 Å². The fourth-order valence-corrected chi connectivity index (χ4v) is 3.50. The molecule has 3 heterocycles. The molecule has 4 aromatic rings. The van der Waals surface area contributed by atoms with Crippen molar-refractivity contribution in [3.05, 3.63) is 87.8 Å². The first kappa shape index (κ1) is 19.6. The fraction of sp³-hybridized carbons (Fsp3) is 0.217. The molecule has 0 aliphatic rings. The molecule has 7 nitrogen and oxygen atoms in total.